The molecule has 0 saturated heterocycles. The average Bonchev–Trinajstić information content (AvgIpc) is 2.80. The van der Waals surface area contributed by atoms with E-state index >= 15 is 0 Å². The molecule has 0 bridgehead atoms. The van der Waals surface area contributed by atoms with Crippen LogP contribution in [-0.2, 0) is 4.79 Å². The summed E-state index contributed by atoms with van der Waals surface area (Å²) in [6.07, 6.45) is 1.41. The standard InChI is InChI=1S/C25H18BrClN2O4/c1-2-32-22-13-16(11-18(15-28)24(30)29-20-10-6-9-19(27)14-20)12-21(26)23(22)33-25(31)17-7-4-3-5-8-17/h3-14H,2H2,1H3,(H,29,30)/b18-11+. The van der Waals surface area contributed by atoms with Crippen LogP contribution in [0.2, 0.25) is 5.02 Å². The molecule has 0 saturated carbocycles. The van der Waals surface area contributed by atoms with E-state index in [0.717, 1.165) is 0 Å². The molecule has 0 fully saturated rings. The lowest BCUT2D eigenvalue weighted by molar-refractivity contribution is -0.112. The fraction of sp³-hybridized carbons (Fsp3) is 0.0800. The molecule has 8 heteroatoms. The number of hydrogen-bond donors (Lipinski definition) is 1. The number of nitrogens with one attached hydrogen (secondary N) is 1. The van der Waals surface area contributed by atoms with Gasteiger partial charge in [0.15, 0.2) is 11.5 Å². The molecule has 3 aromatic carbocycles. The minimum absolute atomic E-state index is 0.127. The summed E-state index contributed by atoms with van der Waals surface area (Å²) < 4.78 is 11.6. The number of hydrogen-bond acceptors (Lipinski definition) is 5. The van der Waals surface area contributed by atoms with Crippen LogP contribution in [0, 0.1) is 11.3 Å². The molecular formula is C25H18BrClN2O4. The molecule has 0 heterocycles. The Bertz CT molecular complexity index is 1250. The van der Waals surface area contributed by atoms with Crippen LogP contribution in [0.4, 0.5) is 5.69 Å². The quantitative estimate of drug-likeness (QED) is 0.170. The highest BCUT2D eigenvalue weighted by Crippen LogP contribution is 2.38. The highest BCUT2D eigenvalue weighted by atomic mass is 79.9. The van der Waals surface area contributed by atoms with Crippen molar-refractivity contribution in [2.75, 3.05) is 11.9 Å². The van der Waals surface area contributed by atoms with Crippen LogP contribution in [0.5, 0.6) is 11.5 Å². The number of nitrogens with zero attached hydrogens (tertiary/aromatic N) is 1. The van der Waals surface area contributed by atoms with Gasteiger partial charge in [0.1, 0.15) is 11.6 Å². The third-order valence-corrected chi connectivity index (χ3v) is 5.12. The zero-order valence-electron chi connectivity index (χ0n) is 17.5. The molecule has 0 spiro atoms. The van der Waals surface area contributed by atoms with Gasteiger partial charge in [0.2, 0.25) is 0 Å². The summed E-state index contributed by atoms with van der Waals surface area (Å²) in [5, 5.41) is 12.6. The van der Waals surface area contributed by atoms with E-state index in [-0.39, 0.29) is 17.1 Å². The normalized spacial score (nSPS) is 10.8. The lowest BCUT2D eigenvalue weighted by atomic mass is 10.1. The number of esters is 1. The number of amides is 1. The monoisotopic (exact) mass is 524 g/mol. The van der Waals surface area contributed by atoms with Crippen molar-refractivity contribution in [2.24, 2.45) is 0 Å². The molecule has 0 unspecified atom stereocenters. The van der Waals surface area contributed by atoms with Crippen LogP contribution in [0.1, 0.15) is 22.8 Å². The number of ether oxygens (including phenoxy) is 2. The van der Waals surface area contributed by atoms with Crippen molar-refractivity contribution in [1.82, 2.24) is 0 Å². The summed E-state index contributed by atoms with van der Waals surface area (Å²) in [5.74, 6) is -0.646. The first-order valence-corrected chi connectivity index (χ1v) is 11.0. The molecule has 0 aliphatic rings. The van der Waals surface area contributed by atoms with Crippen LogP contribution in [0.25, 0.3) is 6.08 Å². The van der Waals surface area contributed by atoms with Crippen molar-refractivity contribution >= 4 is 51.2 Å². The Balaban J connectivity index is 1.89. The van der Waals surface area contributed by atoms with E-state index in [4.69, 9.17) is 21.1 Å². The van der Waals surface area contributed by atoms with Crippen molar-refractivity contribution in [3.8, 4) is 17.6 Å². The summed E-state index contributed by atoms with van der Waals surface area (Å²) in [5.41, 5.74) is 1.23. The third kappa shape index (κ3) is 6.45. The fourth-order valence-electron chi connectivity index (χ4n) is 2.84. The number of anilines is 1. The van der Waals surface area contributed by atoms with Crippen molar-refractivity contribution < 1.29 is 19.1 Å². The molecule has 0 atom stereocenters. The molecule has 166 valence electrons. The molecule has 3 rings (SSSR count). The molecule has 0 aliphatic heterocycles. The van der Waals surface area contributed by atoms with Crippen molar-refractivity contribution in [3.63, 3.8) is 0 Å². The average molecular weight is 526 g/mol. The second-order valence-electron chi connectivity index (χ2n) is 6.65. The van der Waals surface area contributed by atoms with Gasteiger partial charge >= 0.3 is 5.97 Å². The van der Waals surface area contributed by atoms with Gasteiger partial charge in [-0.15, -0.1) is 0 Å². The topological polar surface area (TPSA) is 88.4 Å². The van der Waals surface area contributed by atoms with Crippen molar-refractivity contribution in [3.05, 3.63) is 92.9 Å². The molecule has 33 heavy (non-hydrogen) atoms. The Hall–Kier alpha value is -3.60. The van der Waals surface area contributed by atoms with Gasteiger partial charge in [-0.3, -0.25) is 4.79 Å². The summed E-state index contributed by atoms with van der Waals surface area (Å²) in [7, 11) is 0. The van der Waals surface area contributed by atoms with E-state index in [9.17, 15) is 14.9 Å². The maximum atomic E-state index is 12.6. The number of carbonyl (C=O) groups excluding carboxylic acids is 2. The number of halogens is 2. The first-order chi connectivity index (χ1) is 15.9. The Labute approximate surface area is 204 Å². The van der Waals surface area contributed by atoms with Crippen LogP contribution in [-0.4, -0.2) is 18.5 Å². The second-order valence-corrected chi connectivity index (χ2v) is 7.94. The predicted molar refractivity (Wildman–Crippen MR) is 130 cm³/mol. The van der Waals surface area contributed by atoms with Gasteiger partial charge in [-0.05, 0) is 77.0 Å². The lowest BCUT2D eigenvalue weighted by Gasteiger charge is -2.14. The number of nitriles is 1. The molecule has 3 aromatic rings. The maximum absolute atomic E-state index is 12.6. The van der Waals surface area contributed by atoms with Crippen LogP contribution in [0.15, 0.2) is 76.8 Å². The van der Waals surface area contributed by atoms with Crippen LogP contribution < -0.4 is 14.8 Å². The SMILES string of the molecule is CCOc1cc(/C=C(\C#N)C(=O)Nc2cccc(Cl)c2)cc(Br)c1OC(=O)c1ccccc1. The molecule has 0 aliphatic carbocycles. The zero-order chi connectivity index (χ0) is 23.8. The molecule has 0 aromatic heterocycles. The smallest absolute Gasteiger partial charge is 0.343 e. The first-order valence-electron chi connectivity index (χ1n) is 9.83. The van der Waals surface area contributed by atoms with Crippen LogP contribution >= 0.6 is 27.5 Å². The summed E-state index contributed by atoms with van der Waals surface area (Å²) in [4.78, 5) is 25.1. The van der Waals surface area contributed by atoms with Crippen molar-refractivity contribution in [2.45, 2.75) is 6.92 Å². The highest BCUT2D eigenvalue weighted by Gasteiger charge is 2.18. The van der Waals surface area contributed by atoms with E-state index in [1.165, 1.54) is 6.08 Å². The Kier molecular flexibility index (Phi) is 8.25. The molecule has 0 radical (unpaired) electrons. The molecule has 6 nitrogen and oxygen atoms in total. The largest absolute Gasteiger partial charge is 0.490 e. The highest BCUT2D eigenvalue weighted by molar-refractivity contribution is 9.10. The van der Waals surface area contributed by atoms with E-state index in [1.807, 2.05) is 6.07 Å². The fourth-order valence-corrected chi connectivity index (χ4v) is 3.57. The van der Waals surface area contributed by atoms with Crippen molar-refractivity contribution in [1.29, 1.82) is 5.26 Å². The minimum atomic E-state index is -0.589. The summed E-state index contributed by atoms with van der Waals surface area (Å²) >= 11 is 9.34. The molecule has 1 amide bonds. The maximum Gasteiger partial charge on any atom is 0.343 e. The Morgan fingerprint density at radius 3 is 2.55 bits per heavy atom. The minimum Gasteiger partial charge on any atom is -0.490 e. The van der Waals surface area contributed by atoms with Gasteiger partial charge in [-0.2, -0.15) is 5.26 Å². The van der Waals surface area contributed by atoms with Gasteiger partial charge < -0.3 is 14.8 Å². The Morgan fingerprint density at radius 2 is 1.88 bits per heavy atom. The number of benzene rings is 3. The van der Waals surface area contributed by atoms with E-state index < -0.39 is 11.9 Å². The van der Waals surface area contributed by atoms with Gasteiger partial charge in [0, 0.05) is 10.7 Å². The van der Waals surface area contributed by atoms with Gasteiger partial charge in [-0.1, -0.05) is 35.9 Å². The van der Waals surface area contributed by atoms with E-state index in [0.29, 0.717) is 32.9 Å². The van der Waals surface area contributed by atoms with E-state index in [1.54, 1.807) is 73.7 Å². The summed E-state index contributed by atoms with van der Waals surface area (Å²) in [6, 6.07) is 20.3. The Morgan fingerprint density at radius 1 is 1.12 bits per heavy atom. The van der Waals surface area contributed by atoms with Gasteiger partial charge in [0.05, 0.1) is 16.6 Å². The first kappa shape index (κ1) is 24.1. The third-order valence-electron chi connectivity index (χ3n) is 4.29. The summed E-state index contributed by atoms with van der Waals surface area (Å²) in [6.45, 7) is 2.11. The molecule has 1 N–H and O–H groups in total. The van der Waals surface area contributed by atoms with E-state index in [2.05, 4.69) is 21.2 Å². The van der Waals surface area contributed by atoms with Crippen LogP contribution in [0.3, 0.4) is 0 Å². The number of carbonyl (C=O) groups is 2. The lowest BCUT2D eigenvalue weighted by Crippen LogP contribution is -2.13. The van der Waals surface area contributed by atoms with Gasteiger partial charge in [-0.25, -0.2) is 4.79 Å². The predicted octanol–water partition coefficient (Wildman–Crippen LogP) is 6.27. The molecular weight excluding hydrogens is 508 g/mol. The zero-order valence-corrected chi connectivity index (χ0v) is 19.8. The van der Waals surface area contributed by atoms with Gasteiger partial charge in [0.25, 0.3) is 5.91 Å². The number of rotatable bonds is 7. The second kappa shape index (κ2) is 11.3.